The van der Waals surface area contributed by atoms with Crippen LogP contribution in [0.15, 0.2) is 73.2 Å². The van der Waals surface area contributed by atoms with Crippen molar-refractivity contribution in [2.24, 2.45) is 0 Å². The maximum absolute atomic E-state index is 12.9. The van der Waals surface area contributed by atoms with E-state index in [1.54, 1.807) is 47.4 Å². The van der Waals surface area contributed by atoms with Crippen molar-refractivity contribution in [1.82, 2.24) is 30.0 Å². The number of ether oxygens (including phenoxy) is 1. The van der Waals surface area contributed by atoms with Crippen LogP contribution >= 0.6 is 0 Å². The summed E-state index contributed by atoms with van der Waals surface area (Å²) in [4.78, 5) is 36.2. The highest BCUT2D eigenvalue weighted by Gasteiger charge is 2.22. The normalized spacial score (nSPS) is 11.3. The number of nitrogens with one attached hydrogen (secondary N) is 4. The van der Waals surface area contributed by atoms with Crippen LogP contribution in [0.5, 0.6) is 11.5 Å². The second-order valence-electron chi connectivity index (χ2n) is 9.84. The quantitative estimate of drug-likeness (QED) is 0.240. The van der Waals surface area contributed by atoms with E-state index in [0.29, 0.717) is 23.0 Å². The van der Waals surface area contributed by atoms with Gasteiger partial charge in [0.25, 0.3) is 5.91 Å². The number of carbonyl (C=O) groups excluding carboxylic acids is 2. The number of imidazole rings is 1. The fourth-order valence-corrected chi connectivity index (χ4v) is 3.83. The van der Waals surface area contributed by atoms with E-state index >= 15 is 0 Å². The maximum Gasteiger partial charge on any atom is 0.324 e. The van der Waals surface area contributed by atoms with Gasteiger partial charge in [-0.25, -0.2) is 14.5 Å². The number of hydrogen-bond donors (Lipinski definition) is 4. The monoisotopic (exact) mass is 524 g/mol. The summed E-state index contributed by atoms with van der Waals surface area (Å²) in [6, 6.07) is 17.3. The maximum atomic E-state index is 12.9. The first kappa shape index (κ1) is 25.5. The van der Waals surface area contributed by atoms with Gasteiger partial charge in [-0.15, -0.1) is 0 Å². The summed E-state index contributed by atoms with van der Waals surface area (Å²) in [6.45, 7) is 6.19. The third kappa shape index (κ3) is 5.72. The van der Waals surface area contributed by atoms with Crippen molar-refractivity contribution in [3.63, 3.8) is 0 Å². The summed E-state index contributed by atoms with van der Waals surface area (Å²) >= 11 is 0. The number of hydrogen-bond acceptors (Lipinski definition) is 6. The molecular formula is C28H28N8O3. The van der Waals surface area contributed by atoms with E-state index in [0.717, 1.165) is 22.4 Å². The van der Waals surface area contributed by atoms with E-state index in [1.807, 2.05) is 24.3 Å². The Morgan fingerprint density at radius 1 is 0.923 bits per heavy atom. The van der Waals surface area contributed by atoms with Crippen molar-refractivity contribution in [1.29, 1.82) is 0 Å². The average molecular weight is 525 g/mol. The highest BCUT2D eigenvalue weighted by molar-refractivity contribution is 5.99. The lowest BCUT2D eigenvalue weighted by atomic mass is 9.92. The summed E-state index contributed by atoms with van der Waals surface area (Å²) in [5, 5.41) is 13.1. The number of rotatable bonds is 6. The number of benzene rings is 2. The number of H-pyrrole nitrogens is 1. The topological polar surface area (TPSA) is 139 Å². The Labute approximate surface area is 224 Å². The SMILES string of the molecule is CNC(=O)c1cc(Oc2ccc(NC(=O)Nc3cc(C(C)(C)C)nn3-c3ccc4[nH]cnc4c3)cc2)ccn1. The molecule has 0 aliphatic heterocycles. The number of nitrogens with zero attached hydrogens (tertiary/aromatic N) is 4. The van der Waals surface area contributed by atoms with E-state index in [4.69, 9.17) is 9.84 Å². The molecular weight excluding hydrogens is 496 g/mol. The van der Waals surface area contributed by atoms with Gasteiger partial charge in [-0.1, -0.05) is 20.8 Å². The molecule has 0 atom stereocenters. The second kappa shape index (κ2) is 10.3. The number of anilines is 2. The molecule has 3 amide bonds. The molecule has 0 radical (unpaired) electrons. The highest BCUT2D eigenvalue weighted by atomic mass is 16.5. The van der Waals surface area contributed by atoms with Gasteiger partial charge >= 0.3 is 6.03 Å². The van der Waals surface area contributed by atoms with Gasteiger partial charge in [-0.05, 0) is 48.5 Å². The lowest BCUT2D eigenvalue weighted by Gasteiger charge is -2.14. The predicted molar refractivity (Wildman–Crippen MR) is 149 cm³/mol. The summed E-state index contributed by atoms with van der Waals surface area (Å²) < 4.78 is 7.53. The lowest BCUT2D eigenvalue weighted by Crippen LogP contribution is -2.21. The van der Waals surface area contributed by atoms with Gasteiger partial charge in [-0.2, -0.15) is 5.10 Å². The molecule has 39 heavy (non-hydrogen) atoms. The Bertz CT molecular complexity index is 1650. The smallest absolute Gasteiger partial charge is 0.324 e. The van der Waals surface area contributed by atoms with Crippen molar-refractivity contribution in [2.45, 2.75) is 26.2 Å². The largest absolute Gasteiger partial charge is 0.457 e. The number of fused-ring (bicyclic) bond motifs is 1. The molecule has 0 unspecified atom stereocenters. The zero-order valence-corrected chi connectivity index (χ0v) is 21.9. The van der Waals surface area contributed by atoms with Crippen LogP contribution in [-0.4, -0.2) is 43.7 Å². The molecule has 0 saturated heterocycles. The number of carbonyl (C=O) groups is 2. The molecule has 198 valence electrons. The van der Waals surface area contributed by atoms with E-state index in [-0.39, 0.29) is 17.0 Å². The zero-order valence-electron chi connectivity index (χ0n) is 21.9. The van der Waals surface area contributed by atoms with Crippen LogP contribution in [-0.2, 0) is 5.41 Å². The molecule has 5 aromatic rings. The number of amides is 3. The Balaban J connectivity index is 1.30. The molecule has 3 heterocycles. The number of pyridine rings is 1. The lowest BCUT2D eigenvalue weighted by molar-refractivity contribution is 0.0957. The van der Waals surface area contributed by atoms with Crippen molar-refractivity contribution >= 4 is 34.5 Å². The Morgan fingerprint density at radius 3 is 2.46 bits per heavy atom. The summed E-state index contributed by atoms with van der Waals surface area (Å²) in [5.74, 6) is 1.23. The Hall–Kier alpha value is -5.19. The van der Waals surface area contributed by atoms with Crippen LogP contribution in [0.4, 0.5) is 16.3 Å². The first-order valence-corrected chi connectivity index (χ1v) is 12.3. The first-order chi connectivity index (χ1) is 18.7. The molecule has 0 aliphatic carbocycles. The van der Waals surface area contributed by atoms with Crippen LogP contribution in [0.25, 0.3) is 16.7 Å². The molecule has 0 fully saturated rings. The number of aromatic nitrogens is 5. The van der Waals surface area contributed by atoms with E-state index in [1.165, 1.54) is 13.2 Å². The third-order valence-electron chi connectivity index (χ3n) is 5.91. The standard InChI is InChI=1S/C28H28N8O3/c1-28(2,3)24-15-25(36(35-24)18-7-10-21-22(13-18)32-16-31-21)34-27(38)33-17-5-8-19(9-6-17)39-20-11-12-30-23(14-20)26(37)29-4/h5-16H,1-4H3,(H,29,37)(H,31,32)(H2,33,34,38). The van der Waals surface area contributed by atoms with Crippen LogP contribution in [0, 0.1) is 0 Å². The minimum absolute atomic E-state index is 0.222. The van der Waals surface area contributed by atoms with Gasteiger partial charge in [0.05, 0.1) is 28.7 Å². The Kier molecular flexibility index (Phi) is 6.72. The average Bonchev–Trinajstić information content (AvgIpc) is 3.56. The van der Waals surface area contributed by atoms with Crippen molar-refractivity contribution < 1.29 is 14.3 Å². The minimum atomic E-state index is -0.421. The van der Waals surface area contributed by atoms with Gasteiger partial charge in [0.2, 0.25) is 0 Å². The minimum Gasteiger partial charge on any atom is -0.457 e. The van der Waals surface area contributed by atoms with E-state index < -0.39 is 6.03 Å². The second-order valence-corrected chi connectivity index (χ2v) is 9.84. The Morgan fingerprint density at radius 2 is 1.72 bits per heavy atom. The van der Waals surface area contributed by atoms with Crippen LogP contribution in [0.1, 0.15) is 37.0 Å². The molecule has 0 bridgehead atoms. The van der Waals surface area contributed by atoms with Gasteiger partial charge in [0, 0.05) is 36.5 Å². The number of urea groups is 1. The van der Waals surface area contributed by atoms with Gasteiger partial charge < -0.3 is 20.4 Å². The molecule has 4 N–H and O–H groups in total. The van der Waals surface area contributed by atoms with Crippen molar-refractivity contribution in [2.75, 3.05) is 17.7 Å². The summed E-state index contributed by atoms with van der Waals surface area (Å²) in [5.41, 5.74) is 3.92. The van der Waals surface area contributed by atoms with Crippen molar-refractivity contribution in [3.05, 3.63) is 84.6 Å². The third-order valence-corrected chi connectivity index (χ3v) is 5.91. The first-order valence-electron chi connectivity index (χ1n) is 12.3. The number of aromatic amines is 1. The molecule has 0 saturated carbocycles. The zero-order chi connectivity index (χ0) is 27.6. The molecule has 11 nitrogen and oxygen atoms in total. The molecule has 3 aromatic heterocycles. The van der Waals surface area contributed by atoms with Gasteiger partial charge in [0.1, 0.15) is 23.0 Å². The summed E-state index contributed by atoms with van der Waals surface area (Å²) in [6.07, 6.45) is 3.14. The van der Waals surface area contributed by atoms with E-state index in [2.05, 4.69) is 51.7 Å². The van der Waals surface area contributed by atoms with Crippen LogP contribution in [0.2, 0.25) is 0 Å². The molecule has 0 aliphatic rings. The molecule has 0 spiro atoms. The fraction of sp³-hybridized carbons (Fsp3) is 0.179. The van der Waals surface area contributed by atoms with Crippen LogP contribution < -0.4 is 20.7 Å². The van der Waals surface area contributed by atoms with Crippen LogP contribution in [0.3, 0.4) is 0 Å². The fourth-order valence-electron chi connectivity index (χ4n) is 3.83. The van der Waals surface area contributed by atoms with Crippen molar-refractivity contribution in [3.8, 4) is 17.2 Å². The summed E-state index contributed by atoms with van der Waals surface area (Å²) in [7, 11) is 1.54. The molecule has 5 rings (SSSR count). The molecule has 11 heteroatoms. The van der Waals surface area contributed by atoms with Gasteiger partial charge in [0.15, 0.2) is 0 Å². The molecule has 2 aromatic carbocycles. The van der Waals surface area contributed by atoms with Gasteiger partial charge in [-0.3, -0.25) is 15.1 Å². The van der Waals surface area contributed by atoms with E-state index in [9.17, 15) is 9.59 Å². The highest BCUT2D eigenvalue weighted by Crippen LogP contribution is 2.28. The predicted octanol–water partition coefficient (Wildman–Crippen LogP) is 5.24.